The molecule has 1 saturated carbocycles. The Balaban J connectivity index is 1.22. The number of ether oxygens (including phenoxy) is 1. The van der Waals surface area contributed by atoms with Gasteiger partial charge in [0.25, 0.3) is 0 Å². The van der Waals surface area contributed by atoms with E-state index in [0.29, 0.717) is 23.1 Å². The summed E-state index contributed by atoms with van der Waals surface area (Å²) >= 11 is 3.23. The van der Waals surface area contributed by atoms with E-state index < -0.39 is 5.60 Å². The Labute approximate surface area is 188 Å². The van der Waals surface area contributed by atoms with Gasteiger partial charge < -0.3 is 14.5 Å². The number of nitriles is 1. The number of likely N-dealkylation sites (tertiary alicyclic amines) is 1. The molecule has 6 nitrogen and oxygen atoms in total. The van der Waals surface area contributed by atoms with Gasteiger partial charge in [-0.25, -0.2) is 9.37 Å². The smallest absolute Gasteiger partial charge is 0.248 e. The average molecular weight is 485 g/mol. The normalized spacial score (nSPS) is 23.5. The molecular weight excluding hydrogens is 463 g/mol. The molecule has 2 aromatic rings. The number of carbonyl (C=O) groups is 1. The van der Waals surface area contributed by atoms with E-state index in [-0.39, 0.29) is 30.4 Å². The van der Waals surface area contributed by atoms with Gasteiger partial charge in [0, 0.05) is 31.4 Å². The summed E-state index contributed by atoms with van der Waals surface area (Å²) in [4.78, 5) is 21.6. The molecule has 3 fully saturated rings. The summed E-state index contributed by atoms with van der Waals surface area (Å²) in [6, 6.07) is 11.1. The molecule has 1 aliphatic carbocycles. The highest BCUT2D eigenvalue weighted by atomic mass is 79.9. The first kappa shape index (κ1) is 20.4. The Kier molecular flexibility index (Phi) is 5.19. The van der Waals surface area contributed by atoms with Crippen LogP contribution in [0.15, 0.2) is 41.0 Å². The summed E-state index contributed by atoms with van der Waals surface area (Å²) in [5.41, 5.74) is 0.980. The van der Waals surface area contributed by atoms with E-state index >= 15 is 0 Å². The Morgan fingerprint density at radius 2 is 2.00 bits per heavy atom. The van der Waals surface area contributed by atoms with Crippen molar-refractivity contribution in [2.75, 3.05) is 24.6 Å². The van der Waals surface area contributed by atoms with E-state index in [9.17, 15) is 9.18 Å². The van der Waals surface area contributed by atoms with Crippen LogP contribution < -0.4 is 4.90 Å². The first-order valence-electron chi connectivity index (χ1n) is 10.5. The van der Waals surface area contributed by atoms with E-state index in [1.807, 2.05) is 11.0 Å². The van der Waals surface area contributed by atoms with E-state index in [4.69, 9.17) is 10.00 Å². The van der Waals surface area contributed by atoms with Crippen LogP contribution in [0.25, 0.3) is 0 Å². The van der Waals surface area contributed by atoms with Gasteiger partial charge in [0.1, 0.15) is 24.3 Å². The molecule has 1 amide bonds. The summed E-state index contributed by atoms with van der Waals surface area (Å²) in [6.45, 7) is 1.33. The molecule has 8 heteroatoms. The van der Waals surface area contributed by atoms with Crippen LogP contribution in [0, 0.1) is 17.1 Å². The van der Waals surface area contributed by atoms with Gasteiger partial charge in [0.2, 0.25) is 5.91 Å². The number of pyridine rings is 1. The molecule has 1 aromatic heterocycles. The Morgan fingerprint density at radius 3 is 2.58 bits per heavy atom. The molecule has 160 valence electrons. The number of fused-ring (bicyclic) bond motifs is 2. The van der Waals surface area contributed by atoms with Crippen molar-refractivity contribution in [3.63, 3.8) is 0 Å². The predicted molar refractivity (Wildman–Crippen MR) is 116 cm³/mol. The number of nitrogens with zero attached hydrogens (tertiary/aromatic N) is 4. The second-order valence-electron chi connectivity index (χ2n) is 8.52. The van der Waals surface area contributed by atoms with E-state index in [1.165, 1.54) is 6.07 Å². The number of anilines is 1. The zero-order valence-electron chi connectivity index (χ0n) is 16.9. The van der Waals surface area contributed by atoms with Crippen molar-refractivity contribution in [3.05, 3.63) is 57.9 Å². The van der Waals surface area contributed by atoms with Crippen LogP contribution >= 0.6 is 15.9 Å². The quantitative estimate of drug-likeness (QED) is 0.646. The molecule has 0 radical (unpaired) electrons. The minimum Gasteiger partial charge on any atom is -0.360 e. The van der Waals surface area contributed by atoms with Crippen molar-refractivity contribution in [1.29, 1.82) is 5.26 Å². The van der Waals surface area contributed by atoms with Crippen LogP contribution in [0.1, 0.15) is 36.8 Å². The molecule has 0 N–H and O–H groups in total. The fraction of sp³-hybridized carbons (Fsp3) is 0.435. The van der Waals surface area contributed by atoms with E-state index in [2.05, 4.69) is 31.9 Å². The highest BCUT2D eigenvalue weighted by Crippen LogP contribution is 2.50. The monoisotopic (exact) mass is 484 g/mol. The summed E-state index contributed by atoms with van der Waals surface area (Å²) in [5, 5.41) is 8.98. The van der Waals surface area contributed by atoms with Crippen molar-refractivity contribution >= 4 is 27.7 Å². The number of aromatic nitrogens is 1. The third kappa shape index (κ3) is 3.81. The second-order valence-corrected chi connectivity index (χ2v) is 9.37. The maximum absolute atomic E-state index is 13.6. The molecule has 0 spiro atoms. The van der Waals surface area contributed by atoms with Crippen LogP contribution in [0.2, 0.25) is 0 Å². The van der Waals surface area contributed by atoms with Crippen molar-refractivity contribution < 1.29 is 13.9 Å². The lowest BCUT2D eigenvalue weighted by Crippen LogP contribution is -2.56. The largest absolute Gasteiger partial charge is 0.360 e. The highest BCUT2D eigenvalue weighted by molar-refractivity contribution is 9.10. The maximum atomic E-state index is 13.6. The molecule has 3 aliphatic rings. The van der Waals surface area contributed by atoms with Gasteiger partial charge in [0.05, 0.1) is 15.6 Å². The molecule has 3 heterocycles. The molecule has 2 bridgehead atoms. The average Bonchev–Trinajstić information content (AvgIpc) is 3.53. The zero-order valence-corrected chi connectivity index (χ0v) is 18.5. The number of hydrogen-bond donors (Lipinski definition) is 0. The van der Waals surface area contributed by atoms with Crippen molar-refractivity contribution in [1.82, 2.24) is 9.88 Å². The molecular formula is C23H22BrFN4O2. The van der Waals surface area contributed by atoms with Crippen molar-refractivity contribution in [3.8, 4) is 6.07 Å². The van der Waals surface area contributed by atoms with Gasteiger partial charge in [-0.05, 0) is 71.4 Å². The van der Waals surface area contributed by atoms with Gasteiger partial charge in [-0.3, -0.25) is 4.79 Å². The Hall–Kier alpha value is -2.50. The third-order valence-electron chi connectivity index (χ3n) is 6.60. The zero-order chi connectivity index (χ0) is 21.6. The number of piperazine rings is 1. The van der Waals surface area contributed by atoms with Gasteiger partial charge in [0.15, 0.2) is 0 Å². The molecule has 1 aromatic carbocycles. The minimum atomic E-state index is -0.473. The first-order chi connectivity index (χ1) is 15.0. The second kappa shape index (κ2) is 7.88. The molecule has 1 unspecified atom stereocenters. The highest BCUT2D eigenvalue weighted by Gasteiger charge is 2.47. The predicted octanol–water partition coefficient (Wildman–Crippen LogP) is 3.74. The summed E-state index contributed by atoms with van der Waals surface area (Å²) in [5.74, 6) is 0.561. The fourth-order valence-corrected chi connectivity index (χ4v) is 5.16. The van der Waals surface area contributed by atoms with Crippen molar-refractivity contribution in [2.24, 2.45) is 0 Å². The summed E-state index contributed by atoms with van der Waals surface area (Å²) < 4.78 is 20.1. The lowest BCUT2D eigenvalue weighted by atomic mass is 10.1. The van der Waals surface area contributed by atoms with Gasteiger partial charge in [-0.2, -0.15) is 5.26 Å². The van der Waals surface area contributed by atoms with Crippen LogP contribution in [0.3, 0.4) is 0 Å². The van der Waals surface area contributed by atoms with Crippen LogP contribution in [-0.2, 0) is 15.1 Å². The van der Waals surface area contributed by atoms with Gasteiger partial charge in [-0.1, -0.05) is 6.07 Å². The van der Waals surface area contributed by atoms with E-state index in [1.54, 1.807) is 24.4 Å². The lowest BCUT2D eigenvalue weighted by Gasteiger charge is -2.41. The summed E-state index contributed by atoms with van der Waals surface area (Å²) in [7, 11) is 0. The molecule has 5 rings (SSSR count). The van der Waals surface area contributed by atoms with Crippen LogP contribution in [0.4, 0.5) is 10.2 Å². The third-order valence-corrected chi connectivity index (χ3v) is 7.21. The molecule has 2 saturated heterocycles. The number of halogens is 2. The lowest BCUT2D eigenvalue weighted by molar-refractivity contribution is -0.140. The maximum Gasteiger partial charge on any atom is 0.248 e. The van der Waals surface area contributed by atoms with Crippen LogP contribution in [-0.4, -0.2) is 47.6 Å². The van der Waals surface area contributed by atoms with Crippen molar-refractivity contribution in [2.45, 2.75) is 43.4 Å². The fourth-order valence-electron chi connectivity index (χ4n) is 4.79. The molecule has 2 aliphatic heterocycles. The Morgan fingerprint density at radius 1 is 1.26 bits per heavy atom. The standard InChI is InChI=1S/C23H22BrFN4O2/c24-19-9-16(2-5-20(19)25)23(7-8-23)31-14-22(30)28-12-17-3-4-18(13-28)29(17)21-6-1-15(10-26)11-27-21/h1-2,5-6,9,11,17-18H,3-4,7-8,12-14H2/t17-,18?/m0/s1. The number of hydrogen-bond acceptors (Lipinski definition) is 5. The number of carbonyl (C=O) groups excluding carboxylic acids is 1. The molecule has 2 atom stereocenters. The number of benzene rings is 1. The van der Waals surface area contributed by atoms with Gasteiger partial charge >= 0.3 is 0 Å². The minimum absolute atomic E-state index is 0.00297. The number of rotatable bonds is 5. The Bertz CT molecular complexity index is 1040. The number of amides is 1. The van der Waals surface area contributed by atoms with Crippen LogP contribution in [0.5, 0.6) is 0 Å². The summed E-state index contributed by atoms with van der Waals surface area (Å²) in [6.07, 6.45) is 5.31. The van der Waals surface area contributed by atoms with E-state index in [0.717, 1.165) is 37.1 Å². The topological polar surface area (TPSA) is 69.5 Å². The first-order valence-corrected chi connectivity index (χ1v) is 11.3. The van der Waals surface area contributed by atoms with Gasteiger partial charge in [-0.15, -0.1) is 0 Å². The molecule has 31 heavy (non-hydrogen) atoms. The SMILES string of the molecule is N#Cc1ccc(N2C3CC[C@H]2CN(C(=O)COC2(c4ccc(F)c(Br)c4)CC2)C3)nc1.